The summed E-state index contributed by atoms with van der Waals surface area (Å²) >= 11 is 0. The molecule has 1 aliphatic carbocycles. The van der Waals surface area contributed by atoms with Crippen molar-refractivity contribution in [2.75, 3.05) is 13.2 Å². The van der Waals surface area contributed by atoms with Crippen molar-refractivity contribution in [3.8, 4) is 11.5 Å². The SMILES string of the molecule is Cc1cc(-n2nc3c(c2-n2cc[nH]c2=O)[C@H](C)N(C(=O)c2cc4cc([C@H]5CCOC(C)(C)C5)ccc4n2[C@@]2(C(=N)NC(=O)O)C[C@@H]2C)CC3)cc(C)c1F. The maximum absolute atomic E-state index is 15.1. The maximum atomic E-state index is 15.1. The summed E-state index contributed by atoms with van der Waals surface area (Å²) in [7, 11) is 0. The third-order valence-electron chi connectivity index (χ3n) is 11.8. The van der Waals surface area contributed by atoms with Crippen molar-refractivity contribution in [3.05, 3.63) is 98.7 Å². The second-order valence-electron chi connectivity index (χ2n) is 15.9. The van der Waals surface area contributed by atoms with E-state index in [2.05, 4.69) is 36.3 Å². The minimum Gasteiger partial charge on any atom is -0.465 e. The lowest BCUT2D eigenvalue weighted by Crippen LogP contribution is -2.45. The molecule has 282 valence electrons. The Kier molecular flexibility index (Phi) is 8.25. The highest BCUT2D eigenvalue weighted by Crippen LogP contribution is 2.53. The predicted octanol–water partition coefficient (Wildman–Crippen LogP) is 6.47. The molecule has 3 aromatic heterocycles. The Labute approximate surface area is 311 Å². The van der Waals surface area contributed by atoms with Crippen LogP contribution >= 0.6 is 0 Å². The predicted molar refractivity (Wildman–Crippen MR) is 201 cm³/mol. The molecule has 1 saturated carbocycles. The average molecular weight is 737 g/mol. The number of rotatable bonds is 6. The Morgan fingerprint density at radius 2 is 1.83 bits per heavy atom. The second kappa shape index (κ2) is 12.5. The summed E-state index contributed by atoms with van der Waals surface area (Å²) in [6.45, 7) is 12.4. The number of amidine groups is 1. The maximum Gasteiger partial charge on any atom is 0.410 e. The minimum atomic E-state index is -1.33. The van der Waals surface area contributed by atoms with E-state index in [9.17, 15) is 19.1 Å². The van der Waals surface area contributed by atoms with Gasteiger partial charge >= 0.3 is 11.8 Å². The molecule has 5 aromatic rings. The molecule has 2 fully saturated rings. The van der Waals surface area contributed by atoms with Crippen molar-refractivity contribution in [2.45, 2.75) is 90.3 Å². The van der Waals surface area contributed by atoms with Crippen LogP contribution in [0.25, 0.3) is 22.4 Å². The Balaban J connectivity index is 1.26. The summed E-state index contributed by atoms with van der Waals surface area (Å²) in [6, 6.07) is 10.9. The molecular formula is C40H45FN8O5. The highest BCUT2D eigenvalue weighted by atomic mass is 19.1. The number of nitrogens with zero attached hydrogens (tertiary/aromatic N) is 5. The van der Waals surface area contributed by atoms with Gasteiger partial charge in [-0.05, 0) is 113 Å². The first kappa shape index (κ1) is 35.5. The van der Waals surface area contributed by atoms with Gasteiger partial charge in [-0.1, -0.05) is 13.0 Å². The number of hydrogen-bond donors (Lipinski definition) is 4. The molecule has 0 bridgehead atoms. The number of halogens is 1. The van der Waals surface area contributed by atoms with Crippen molar-refractivity contribution >= 4 is 28.7 Å². The van der Waals surface area contributed by atoms with E-state index in [1.54, 1.807) is 41.8 Å². The van der Waals surface area contributed by atoms with Crippen LogP contribution in [0.1, 0.15) is 97.4 Å². The van der Waals surface area contributed by atoms with E-state index in [1.165, 1.54) is 10.8 Å². The number of hydrogen-bond acceptors (Lipinski definition) is 6. The van der Waals surface area contributed by atoms with Crippen LogP contribution in [-0.4, -0.2) is 70.5 Å². The summed E-state index contributed by atoms with van der Waals surface area (Å²) in [5.74, 6) is -0.173. The number of H-pyrrole nitrogens is 1. The zero-order valence-electron chi connectivity index (χ0n) is 31.3. The Hall–Kier alpha value is -5.50. The topological polar surface area (TPSA) is 163 Å². The van der Waals surface area contributed by atoms with Gasteiger partial charge in [-0.3, -0.25) is 20.1 Å². The van der Waals surface area contributed by atoms with Gasteiger partial charge in [0.05, 0.1) is 23.0 Å². The van der Waals surface area contributed by atoms with E-state index >= 15 is 4.79 Å². The smallest absolute Gasteiger partial charge is 0.410 e. The van der Waals surface area contributed by atoms with Crippen molar-refractivity contribution < 1.29 is 23.8 Å². The van der Waals surface area contributed by atoms with Crippen molar-refractivity contribution in [2.24, 2.45) is 5.92 Å². The van der Waals surface area contributed by atoms with Crippen LogP contribution in [0.2, 0.25) is 0 Å². The van der Waals surface area contributed by atoms with E-state index < -0.39 is 17.7 Å². The van der Waals surface area contributed by atoms with Crippen molar-refractivity contribution in [3.63, 3.8) is 0 Å². The molecule has 14 heteroatoms. The quantitative estimate of drug-likeness (QED) is 0.115. The lowest BCUT2D eigenvalue weighted by atomic mass is 9.83. The normalized spacial score (nSPS) is 23.3. The zero-order valence-corrected chi connectivity index (χ0v) is 31.3. The average Bonchev–Trinajstić information content (AvgIpc) is 3.42. The Morgan fingerprint density at radius 1 is 1.11 bits per heavy atom. The first-order valence-corrected chi connectivity index (χ1v) is 18.5. The van der Waals surface area contributed by atoms with Gasteiger partial charge in [0.1, 0.15) is 28.7 Å². The van der Waals surface area contributed by atoms with E-state index in [0.29, 0.717) is 59.9 Å². The zero-order chi connectivity index (χ0) is 38.4. The van der Waals surface area contributed by atoms with Gasteiger partial charge in [-0.2, -0.15) is 5.10 Å². The molecule has 2 aliphatic heterocycles. The van der Waals surface area contributed by atoms with Crippen molar-refractivity contribution in [1.29, 1.82) is 5.41 Å². The molecule has 4 atom stereocenters. The van der Waals surface area contributed by atoms with Crippen LogP contribution in [0.5, 0.6) is 0 Å². The molecule has 54 heavy (non-hydrogen) atoms. The minimum absolute atomic E-state index is 0.117. The number of nitrogens with one attached hydrogen (secondary N) is 3. The van der Waals surface area contributed by atoms with Crippen LogP contribution in [0.3, 0.4) is 0 Å². The number of aromatic nitrogens is 5. The highest BCUT2D eigenvalue weighted by molar-refractivity contribution is 6.05. The van der Waals surface area contributed by atoms with E-state index in [0.717, 1.165) is 35.0 Å². The third-order valence-corrected chi connectivity index (χ3v) is 11.8. The van der Waals surface area contributed by atoms with Crippen molar-refractivity contribution in [1.82, 2.24) is 34.1 Å². The molecule has 3 aliphatic rings. The summed E-state index contributed by atoms with van der Waals surface area (Å²) in [4.78, 5) is 44.6. The number of amides is 2. The molecule has 0 spiro atoms. The highest BCUT2D eigenvalue weighted by Gasteiger charge is 2.59. The number of carbonyl (C=O) groups is 2. The fourth-order valence-corrected chi connectivity index (χ4v) is 9.01. The molecule has 2 aromatic carbocycles. The van der Waals surface area contributed by atoms with Gasteiger partial charge < -0.3 is 24.3 Å². The van der Waals surface area contributed by atoms with Crippen LogP contribution < -0.4 is 11.0 Å². The first-order valence-electron chi connectivity index (χ1n) is 18.5. The molecule has 4 N–H and O–H groups in total. The molecular weight excluding hydrogens is 691 g/mol. The number of aryl methyl sites for hydroxylation is 2. The van der Waals surface area contributed by atoms with Gasteiger partial charge in [0.15, 0.2) is 0 Å². The molecule has 0 radical (unpaired) electrons. The van der Waals surface area contributed by atoms with Crippen LogP contribution in [0.15, 0.2) is 53.6 Å². The summed E-state index contributed by atoms with van der Waals surface area (Å²) in [5, 5.41) is 26.7. The summed E-state index contributed by atoms with van der Waals surface area (Å²) < 4.78 is 25.7. The first-order chi connectivity index (χ1) is 25.6. The molecule has 2 amide bonds. The fourth-order valence-electron chi connectivity index (χ4n) is 9.01. The number of carboxylic acid groups (broad SMARTS) is 1. The van der Waals surface area contributed by atoms with Crippen LogP contribution in [-0.2, 0) is 16.7 Å². The molecule has 13 nitrogen and oxygen atoms in total. The lowest BCUT2D eigenvalue weighted by molar-refractivity contribution is -0.0592. The van der Waals surface area contributed by atoms with Gasteiger partial charge in [0.2, 0.25) is 0 Å². The Bertz CT molecular complexity index is 2410. The third kappa shape index (κ3) is 5.57. The molecule has 8 rings (SSSR count). The van der Waals surface area contributed by atoms with Gasteiger partial charge in [-0.25, -0.2) is 18.7 Å². The van der Waals surface area contributed by atoms with Gasteiger partial charge in [0.25, 0.3) is 5.91 Å². The monoisotopic (exact) mass is 736 g/mol. The summed E-state index contributed by atoms with van der Waals surface area (Å²) in [6.07, 6.45) is 4.42. The summed E-state index contributed by atoms with van der Waals surface area (Å²) in [5.41, 5.74) is 3.42. The number of aromatic amines is 1. The lowest BCUT2D eigenvalue weighted by Gasteiger charge is -2.35. The fraction of sp³-hybridized carbons (Fsp3) is 0.425. The largest absolute Gasteiger partial charge is 0.465 e. The standard InChI is InChI=1S/C40H45FN8O5/c1-21-15-28(16-22(2)33(21)41)49-34(47-13-11-43-37(47)51)32-24(4)46(12-9-29(32)45-49)35(50)31-18-27-17-25(26-10-14-54-39(5,6)20-26)7-8-30(27)48(31)40(19-23(40)3)36(42)44-38(52)53/h7-8,11,13,15-18,23-24,26H,9-10,12,14,19-20H2,1-6H3,(H2,42,44)(H,43,51)(H,52,53)/t23-,24-,26-,40-/m0/s1. The number of benzene rings is 2. The van der Waals surface area contributed by atoms with Gasteiger partial charge in [0, 0.05) is 48.4 Å². The number of ether oxygens (including phenoxy) is 1. The second-order valence-corrected chi connectivity index (χ2v) is 15.9. The van der Waals surface area contributed by atoms with E-state index in [4.69, 9.17) is 15.2 Å². The molecule has 5 heterocycles. The number of fused-ring (bicyclic) bond motifs is 2. The molecule has 1 saturated heterocycles. The number of imidazole rings is 1. The van der Waals surface area contributed by atoms with Crippen LogP contribution in [0.4, 0.5) is 9.18 Å². The Morgan fingerprint density at radius 3 is 2.46 bits per heavy atom. The van der Waals surface area contributed by atoms with Gasteiger partial charge in [-0.15, -0.1) is 0 Å². The number of carbonyl (C=O) groups excluding carboxylic acids is 1. The molecule has 0 unspecified atom stereocenters. The van der Waals surface area contributed by atoms with Crippen LogP contribution in [0, 0.1) is 31.0 Å². The van der Waals surface area contributed by atoms with E-state index in [1.807, 2.05) is 30.5 Å². The van der Waals surface area contributed by atoms with E-state index in [-0.39, 0.29) is 40.7 Å².